The van der Waals surface area contributed by atoms with Crippen molar-refractivity contribution >= 4 is 5.78 Å². The van der Waals surface area contributed by atoms with Gasteiger partial charge in [-0.1, -0.05) is 17.2 Å². The molecule has 1 aliphatic rings. The molecule has 0 aromatic heterocycles. The normalized spacial score (nSPS) is 19.2. The quantitative estimate of drug-likeness (QED) is 0.573. The number of carbonyl (C=O) groups excluding carboxylic acids is 1. The molecule has 0 bridgehead atoms. The molecule has 0 atom stereocenters. The Morgan fingerprint density at radius 1 is 1.50 bits per heavy atom. The molecule has 1 aliphatic carbocycles. The highest BCUT2D eigenvalue weighted by molar-refractivity contribution is 5.98. The molecule has 0 saturated heterocycles. The van der Waals surface area contributed by atoms with Crippen LogP contribution in [0, 0.1) is 0 Å². The first-order chi connectivity index (χ1) is 5.65. The number of hydrogen-bond donors (Lipinski definition) is 0. The molecule has 0 amide bonds. The van der Waals surface area contributed by atoms with Gasteiger partial charge < -0.3 is 0 Å². The second-order valence-electron chi connectivity index (χ2n) is 3.49. The van der Waals surface area contributed by atoms with E-state index in [-0.39, 0.29) is 0 Å². The lowest BCUT2D eigenvalue weighted by atomic mass is 10.0. The molecule has 1 heteroatoms. The molecular weight excluding hydrogens is 148 g/mol. The fourth-order valence-electron chi connectivity index (χ4n) is 1.47. The Balaban J connectivity index is 2.74. The number of Topliss-reactive ketones (excluding diaryl/α,β-unsaturated/α-hetero) is 1. The van der Waals surface area contributed by atoms with Crippen LogP contribution in [0.2, 0.25) is 0 Å². The summed E-state index contributed by atoms with van der Waals surface area (Å²) >= 11 is 0. The molecule has 0 aliphatic heterocycles. The van der Waals surface area contributed by atoms with Crippen molar-refractivity contribution in [3.05, 3.63) is 22.8 Å². The Morgan fingerprint density at radius 2 is 2.17 bits per heavy atom. The lowest BCUT2D eigenvalue weighted by Crippen LogP contribution is -1.96. The van der Waals surface area contributed by atoms with Crippen molar-refractivity contribution < 1.29 is 4.79 Å². The van der Waals surface area contributed by atoms with Crippen molar-refractivity contribution in [3.8, 4) is 0 Å². The Labute approximate surface area is 74.2 Å². The van der Waals surface area contributed by atoms with Crippen molar-refractivity contribution in [2.75, 3.05) is 0 Å². The Morgan fingerprint density at radius 3 is 2.58 bits per heavy atom. The average Bonchev–Trinajstić information content (AvgIpc) is 2.35. The number of rotatable bonds is 2. The fraction of sp³-hybridized carbons (Fsp3) is 0.545. The molecule has 0 unspecified atom stereocenters. The molecule has 66 valence electrons. The van der Waals surface area contributed by atoms with Gasteiger partial charge in [-0.3, -0.25) is 4.79 Å². The van der Waals surface area contributed by atoms with Gasteiger partial charge in [-0.05, 0) is 39.2 Å². The largest absolute Gasteiger partial charge is 0.295 e. The van der Waals surface area contributed by atoms with Crippen LogP contribution in [-0.4, -0.2) is 5.78 Å². The van der Waals surface area contributed by atoms with Crippen LogP contribution in [0.15, 0.2) is 22.8 Å². The Hall–Kier alpha value is -0.850. The second-order valence-corrected chi connectivity index (χ2v) is 3.49. The first-order valence-corrected chi connectivity index (χ1v) is 4.48. The van der Waals surface area contributed by atoms with Crippen LogP contribution in [0.25, 0.3) is 0 Å². The minimum absolute atomic E-state index is 0.355. The summed E-state index contributed by atoms with van der Waals surface area (Å²) in [6, 6.07) is 0. The van der Waals surface area contributed by atoms with Crippen molar-refractivity contribution in [3.63, 3.8) is 0 Å². The first-order valence-electron chi connectivity index (χ1n) is 4.48. The topological polar surface area (TPSA) is 17.1 Å². The van der Waals surface area contributed by atoms with Gasteiger partial charge in [0.2, 0.25) is 0 Å². The summed E-state index contributed by atoms with van der Waals surface area (Å²) in [5.74, 6) is 0.355. The molecule has 12 heavy (non-hydrogen) atoms. The van der Waals surface area contributed by atoms with E-state index in [9.17, 15) is 4.79 Å². The van der Waals surface area contributed by atoms with Gasteiger partial charge in [-0.15, -0.1) is 0 Å². The third-order valence-electron chi connectivity index (χ3n) is 2.53. The molecule has 0 radical (unpaired) electrons. The van der Waals surface area contributed by atoms with Gasteiger partial charge in [0.05, 0.1) is 0 Å². The molecule has 0 aromatic rings. The summed E-state index contributed by atoms with van der Waals surface area (Å²) in [7, 11) is 0. The number of allylic oxidation sites excluding steroid dienone is 4. The van der Waals surface area contributed by atoms with E-state index in [0.717, 1.165) is 24.8 Å². The Kier molecular flexibility index (Phi) is 2.85. The van der Waals surface area contributed by atoms with Gasteiger partial charge in [-0.25, -0.2) is 0 Å². The van der Waals surface area contributed by atoms with Crippen LogP contribution < -0.4 is 0 Å². The van der Waals surface area contributed by atoms with Gasteiger partial charge in [0.1, 0.15) is 0 Å². The predicted molar refractivity (Wildman–Crippen MR) is 51.0 cm³/mol. The highest BCUT2D eigenvalue weighted by Gasteiger charge is 2.19. The molecule has 0 aromatic carbocycles. The molecule has 0 heterocycles. The third-order valence-corrected chi connectivity index (χ3v) is 2.53. The fourth-order valence-corrected chi connectivity index (χ4v) is 1.47. The van der Waals surface area contributed by atoms with E-state index in [0.29, 0.717) is 5.78 Å². The zero-order valence-electron chi connectivity index (χ0n) is 8.11. The van der Waals surface area contributed by atoms with E-state index < -0.39 is 0 Å². The molecule has 0 N–H and O–H groups in total. The third kappa shape index (κ3) is 1.84. The lowest BCUT2D eigenvalue weighted by molar-refractivity contribution is -0.115. The minimum Gasteiger partial charge on any atom is -0.295 e. The smallest absolute Gasteiger partial charge is 0.159 e. The van der Waals surface area contributed by atoms with Crippen LogP contribution in [0.3, 0.4) is 0 Å². The Bertz CT molecular complexity index is 256. The predicted octanol–water partition coefficient (Wildman–Crippen LogP) is 3.02. The van der Waals surface area contributed by atoms with E-state index in [1.807, 2.05) is 6.92 Å². The van der Waals surface area contributed by atoms with Crippen molar-refractivity contribution in [2.45, 2.75) is 40.0 Å². The first kappa shape index (κ1) is 9.24. The van der Waals surface area contributed by atoms with E-state index >= 15 is 0 Å². The maximum absolute atomic E-state index is 11.4. The van der Waals surface area contributed by atoms with Crippen LogP contribution in [0.1, 0.15) is 40.0 Å². The second kappa shape index (κ2) is 3.70. The zero-order chi connectivity index (χ0) is 9.14. The molecule has 1 nitrogen and oxygen atoms in total. The van der Waals surface area contributed by atoms with E-state index in [2.05, 4.69) is 19.9 Å². The maximum Gasteiger partial charge on any atom is 0.159 e. The van der Waals surface area contributed by atoms with E-state index in [4.69, 9.17) is 0 Å². The summed E-state index contributed by atoms with van der Waals surface area (Å²) in [6.45, 7) is 6.17. The van der Waals surface area contributed by atoms with Gasteiger partial charge >= 0.3 is 0 Å². The van der Waals surface area contributed by atoms with Gasteiger partial charge in [-0.2, -0.15) is 0 Å². The van der Waals surface area contributed by atoms with Crippen molar-refractivity contribution in [1.29, 1.82) is 0 Å². The number of carbonyl (C=O) groups is 1. The van der Waals surface area contributed by atoms with Crippen LogP contribution in [0.4, 0.5) is 0 Å². The van der Waals surface area contributed by atoms with Crippen molar-refractivity contribution in [1.82, 2.24) is 0 Å². The molecule has 1 rings (SSSR count). The number of ketones is 1. The van der Waals surface area contributed by atoms with Crippen LogP contribution >= 0.6 is 0 Å². The van der Waals surface area contributed by atoms with Crippen LogP contribution in [-0.2, 0) is 4.79 Å². The van der Waals surface area contributed by atoms with Gasteiger partial charge in [0.15, 0.2) is 5.78 Å². The summed E-state index contributed by atoms with van der Waals surface area (Å²) in [5, 5.41) is 0. The van der Waals surface area contributed by atoms with E-state index in [1.165, 1.54) is 11.1 Å². The highest BCUT2D eigenvalue weighted by Crippen LogP contribution is 2.26. The number of hydrogen-bond acceptors (Lipinski definition) is 1. The SMILES string of the molecule is CC=C(C)CC1=C(C)CCC1=O. The van der Waals surface area contributed by atoms with E-state index in [1.54, 1.807) is 0 Å². The summed E-state index contributed by atoms with van der Waals surface area (Å²) in [6.07, 6.45) is 4.65. The maximum atomic E-state index is 11.4. The van der Waals surface area contributed by atoms with Crippen molar-refractivity contribution in [2.24, 2.45) is 0 Å². The monoisotopic (exact) mass is 164 g/mol. The lowest BCUT2D eigenvalue weighted by Gasteiger charge is -2.01. The summed E-state index contributed by atoms with van der Waals surface area (Å²) < 4.78 is 0. The molecule has 0 saturated carbocycles. The zero-order valence-corrected chi connectivity index (χ0v) is 8.11. The standard InChI is InChI=1S/C11H16O/c1-4-8(2)7-10-9(3)5-6-11(10)12/h4H,5-7H2,1-3H3. The van der Waals surface area contributed by atoms with Gasteiger partial charge in [0.25, 0.3) is 0 Å². The minimum atomic E-state index is 0.355. The molecule has 0 fully saturated rings. The average molecular weight is 164 g/mol. The summed E-state index contributed by atoms with van der Waals surface area (Å²) in [4.78, 5) is 11.4. The molecular formula is C11H16O. The molecule has 0 spiro atoms. The highest BCUT2D eigenvalue weighted by atomic mass is 16.1. The van der Waals surface area contributed by atoms with Crippen LogP contribution in [0.5, 0.6) is 0 Å². The van der Waals surface area contributed by atoms with Gasteiger partial charge in [0, 0.05) is 6.42 Å². The summed E-state index contributed by atoms with van der Waals surface area (Å²) in [5.41, 5.74) is 3.64.